The van der Waals surface area contributed by atoms with Crippen molar-refractivity contribution in [3.8, 4) is 0 Å². The largest absolute Gasteiger partial charge is 0.363 e. The summed E-state index contributed by atoms with van der Waals surface area (Å²) < 4.78 is 30.2. The van der Waals surface area contributed by atoms with Crippen molar-refractivity contribution in [1.82, 2.24) is 14.5 Å². The number of nitrogens with one attached hydrogen (secondary N) is 1. The molecule has 1 atom stereocenters. The van der Waals surface area contributed by atoms with Crippen LogP contribution in [0.2, 0.25) is 0 Å². The minimum Gasteiger partial charge on any atom is -0.363 e. The molecule has 154 valence electrons. The molecule has 0 amide bonds. The molecule has 2 bridgehead atoms. The number of rotatable bonds is 4. The molecule has 4 aliphatic carbocycles. The van der Waals surface area contributed by atoms with Crippen LogP contribution >= 0.6 is 0 Å². The average molecular weight is 408 g/mol. The van der Waals surface area contributed by atoms with Crippen molar-refractivity contribution in [2.45, 2.75) is 56.5 Å². The molecule has 0 unspecified atom stereocenters. The van der Waals surface area contributed by atoms with Crippen molar-refractivity contribution in [2.75, 3.05) is 5.32 Å². The van der Waals surface area contributed by atoms with Gasteiger partial charge in [0.15, 0.2) is 0 Å². The van der Waals surface area contributed by atoms with Gasteiger partial charge in [0.05, 0.1) is 16.9 Å². The third kappa shape index (κ3) is 2.41. The van der Waals surface area contributed by atoms with E-state index < -0.39 is 5.92 Å². The first kappa shape index (κ1) is 18.0. The fourth-order valence-electron chi connectivity index (χ4n) is 5.58. The van der Waals surface area contributed by atoms with E-state index in [9.17, 15) is 13.6 Å². The van der Waals surface area contributed by atoms with Crippen LogP contribution < -0.4 is 10.9 Å². The smallest absolute Gasteiger partial charge is 0.273 e. The fraction of sp³-hybridized carbons (Fsp3) is 0.435. The molecule has 0 radical (unpaired) electrons. The average Bonchev–Trinajstić information content (AvgIpc) is 2.95. The highest BCUT2D eigenvalue weighted by Crippen LogP contribution is 2.61. The molecule has 30 heavy (non-hydrogen) atoms. The number of pyridine rings is 1. The maximum absolute atomic E-state index is 14.2. The van der Waals surface area contributed by atoms with Gasteiger partial charge in [0, 0.05) is 29.8 Å². The minimum absolute atomic E-state index is 0.0264. The molecule has 7 rings (SSSR count). The van der Waals surface area contributed by atoms with Crippen LogP contribution in [0.5, 0.6) is 0 Å². The summed E-state index contributed by atoms with van der Waals surface area (Å²) in [6, 6.07) is 6.50. The second-order valence-corrected chi connectivity index (χ2v) is 9.15. The zero-order valence-electron chi connectivity index (χ0n) is 16.7. The van der Waals surface area contributed by atoms with E-state index in [4.69, 9.17) is 0 Å². The maximum atomic E-state index is 14.2. The number of alkyl halides is 2. The summed E-state index contributed by atoms with van der Waals surface area (Å²) in [6.07, 6.45) is 6.74. The van der Waals surface area contributed by atoms with Gasteiger partial charge in [-0.3, -0.25) is 4.79 Å². The van der Waals surface area contributed by atoms with Gasteiger partial charge in [-0.15, -0.1) is 0 Å². The molecule has 3 aromatic rings. The van der Waals surface area contributed by atoms with Crippen LogP contribution in [0.4, 0.5) is 14.6 Å². The summed E-state index contributed by atoms with van der Waals surface area (Å²) in [5.74, 6) is -1.38. The monoisotopic (exact) mass is 408 g/mol. The van der Waals surface area contributed by atoms with Gasteiger partial charge >= 0.3 is 0 Å². The van der Waals surface area contributed by atoms with Gasteiger partial charge in [-0.25, -0.2) is 18.7 Å². The van der Waals surface area contributed by atoms with Gasteiger partial charge in [-0.05, 0) is 49.7 Å². The quantitative estimate of drug-likeness (QED) is 0.690. The highest BCUT2D eigenvalue weighted by molar-refractivity contribution is 5.88. The summed E-state index contributed by atoms with van der Waals surface area (Å²) in [4.78, 5) is 21.3. The Morgan fingerprint density at radius 2 is 2.03 bits per heavy atom. The number of aromatic nitrogens is 3. The van der Waals surface area contributed by atoms with Gasteiger partial charge in [-0.1, -0.05) is 18.2 Å². The van der Waals surface area contributed by atoms with Gasteiger partial charge in [0.2, 0.25) is 0 Å². The summed E-state index contributed by atoms with van der Waals surface area (Å²) in [6.45, 7) is 1.96. The molecule has 2 heterocycles. The first-order valence-corrected chi connectivity index (χ1v) is 10.5. The number of benzene rings is 1. The molecule has 0 spiro atoms. The molecule has 0 saturated heterocycles. The molecule has 2 aromatic heterocycles. The van der Waals surface area contributed by atoms with Crippen molar-refractivity contribution >= 4 is 16.7 Å². The summed E-state index contributed by atoms with van der Waals surface area (Å²) >= 11 is 0. The van der Waals surface area contributed by atoms with E-state index >= 15 is 0 Å². The fourth-order valence-corrected chi connectivity index (χ4v) is 5.58. The van der Waals surface area contributed by atoms with Crippen molar-refractivity contribution in [1.29, 1.82) is 0 Å². The van der Waals surface area contributed by atoms with Crippen molar-refractivity contribution < 1.29 is 8.78 Å². The van der Waals surface area contributed by atoms with Crippen LogP contribution in [-0.2, 0) is 17.9 Å². The highest BCUT2D eigenvalue weighted by Gasteiger charge is 2.58. The number of nitrogens with zero attached hydrogens (tertiary/aromatic N) is 3. The van der Waals surface area contributed by atoms with E-state index in [0.29, 0.717) is 17.8 Å². The van der Waals surface area contributed by atoms with Crippen LogP contribution in [0.3, 0.4) is 0 Å². The van der Waals surface area contributed by atoms with E-state index in [1.165, 1.54) is 12.4 Å². The molecule has 0 aliphatic heterocycles. The lowest BCUT2D eigenvalue weighted by Gasteiger charge is -2.62. The third-order valence-corrected chi connectivity index (χ3v) is 7.30. The second-order valence-electron chi connectivity index (χ2n) is 9.15. The molecule has 3 saturated carbocycles. The molecule has 3 fully saturated rings. The summed E-state index contributed by atoms with van der Waals surface area (Å²) in [5, 5.41) is 4.18. The molecule has 1 N–H and O–H groups in total. The number of halogens is 2. The summed E-state index contributed by atoms with van der Waals surface area (Å²) in [5.41, 5.74) is 2.27. The molecular formula is C23H22F2N4O. The Morgan fingerprint density at radius 1 is 1.23 bits per heavy atom. The van der Waals surface area contributed by atoms with E-state index in [-0.39, 0.29) is 29.1 Å². The molecule has 1 aromatic carbocycles. The zero-order valence-corrected chi connectivity index (χ0v) is 16.7. The van der Waals surface area contributed by atoms with E-state index in [1.54, 1.807) is 12.1 Å². The van der Waals surface area contributed by atoms with E-state index in [0.717, 1.165) is 41.7 Å². The summed E-state index contributed by atoms with van der Waals surface area (Å²) in [7, 11) is 0. The number of anilines is 1. The lowest BCUT2D eigenvalue weighted by Crippen LogP contribution is -2.61. The number of fused-ring (bicyclic) bond motifs is 2. The van der Waals surface area contributed by atoms with Crippen LogP contribution in [0.15, 0.2) is 41.6 Å². The lowest BCUT2D eigenvalue weighted by atomic mass is 9.49. The van der Waals surface area contributed by atoms with E-state index in [1.807, 2.05) is 23.8 Å². The standard InChI is InChI=1S/C23H22F2N4O/c1-13(15-3-2-4-18-16(15)5-6-23(18,24)25)28-21-17-11-29(22-8-14(9-22)10-22)20(30)7-19(17)26-12-27-21/h2-4,7,11-14H,5-6,8-10H2,1H3,(H,26,27,28)/t13-,14?,22?/m1/s1. The van der Waals surface area contributed by atoms with Gasteiger partial charge < -0.3 is 9.88 Å². The second kappa shape index (κ2) is 5.86. The Hall–Kier alpha value is -2.83. The Bertz CT molecular complexity index is 1230. The SMILES string of the molecule is C[C@@H](Nc1ncnc2cc(=O)n(C34CC(C3)C4)cc12)c1cccc2c1CCC2(F)F. The highest BCUT2D eigenvalue weighted by atomic mass is 19.3. The van der Waals surface area contributed by atoms with Crippen molar-refractivity contribution in [3.05, 3.63) is 63.8 Å². The molecular weight excluding hydrogens is 386 g/mol. The molecule has 4 aliphatic rings. The maximum Gasteiger partial charge on any atom is 0.273 e. The first-order chi connectivity index (χ1) is 14.4. The first-order valence-electron chi connectivity index (χ1n) is 10.5. The predicted molar refractivity (Wildman–Crippen MR) is 110 cm³/mol. The van der Waals surface area contributed by atoms with Crippen molar-refractivity contribution in [2.24, 2.45) is 5.92 Å². The van der Waals surface area contributed by atoms with E-state index in [2.05, 4.69) is 15.3 Å². The van der Waals surface area contributed by atoms with Crippen LogP contribution in [0.25, 0.3) is 10.9 Å². The Balaban J connectivity index is 1.39. The minimum atomic E-state index is -2.76. The lowest BCUT2D eigenvalue weighted by molar-refractivity contribution is -0.0911. The van der Waals surface area contributed by atoms with Gasteiger partial charge in [-0.2, -0.15) is 0 Å². The predicted octanol–water partition coefficient (Wildman–Crippen LogP) is 4.51. The molecule has 5 nitrogen and oxygen atoms in total. The topological polar surface area (TPSA) is 59.8 Å². The van der Waals surface area contributed by atoms with Gasteiger partial charge in [0.25, 0.3) is 11.5 Å². The normalized spacial score (nSPS) is 26.6. The van der Waals surface area contributed by atoms with Gasteiger partial charge in [0.1, 0.15) is 12.1 Å². The zero-order chi connectivity index (χ0) is 20.7. The van der Waals surface area contributed by atoms with Crippen LogP contribution in [0.1, 0.15) is 55.3 Å². The van der Waals surface area contributed by atoms with Crippen molar-refractivity contribution in [3.63, 3.8) is 0 Å². The Kier molecular flexibility index (Phi) is 3.51. The van der Waals surface area contributed by atoms with Crippen LogP contribution in [0, 0.1) is 5.92 Å². The number of hydrogen-bond donors (Lipinski definition) is 1. The Labute approximate surface area is 172 Å². The van der Waals surface area contributed by atoms with Crippen LogP contribution in [-0.4, -0.2) is 14.5 Å². The molecule has 7 heteroatoms. The number of hydrogen-bond acceptors (Lipinski definition) is 4. The third-order valence-electron chi connectivity index (χ3n) is 7.30. The Morgan fingerprint density at radius 3 is 2.77 bits per heavy atom.